The van der Waals surface area contributed by atoms with Crippen LogP contribution in [-0.2, 0) is 6.54 Å². The summed E-state index contributed by atoms with van der Waals surface area (Å²) in [4.78, 5) is 11.9. The Hall–Kier alpha value is -2.36. The Kier molecular flexibility index (Phi) is 3.80. The van der Waals surface area contributed by atoms with Crippen molar-refractivity contribution in [2.45, 2.75) is 13.5 Å². The van der Waals surface area contributed by atoms with Gasteiger partial charge in [0.15, 0.2) is 0 Å². The average Bonchev–Trinajstić information content (AvgIpc) is 2.40. The van der Waals surface area contributed by atoms with Crippen LogP contribution in [0.25, 0.3) is 0 Å². The fraction of sp³-hybridized carbons (Fsp3) is 0.133. The highest BCUT2D eigenvalue weighted by molar-refractivity contribution is 5.94. The van der Waals surface area contributed by atoms with Gasteiger partial charge in [0, 0.05) is 23.4 Å². The minimum Gasteiger partial charge on any atom is -0.399 e. The zero-order valence-corrected chi connectivity index (χ0v) is 10.6. The smallest absolute Gasteiger partial charge is 0.251 e. The molecule has 0 radical (unpaired) electrons. The summed E-state index contributed by atoms with van der Waals surface area (Å²) < 4.78 is 13.4. The summed E-state index contributed by atoms with van der Waals surface area (Å²) in [6.45, 7) is 2.00. The second-order valence-electron chi connectivity index (χ2n) is 4.35. The van der Waals surface area contributed by atoms with Gasteiger partial charge in [-0.25, -0.2) is 4.39 Å². The molecule has 1 amide bonds. The zero-order chi connectivity index (χ0) is 13.8. The first-order chi connectivity index (χ1) is 9.08. The number of halogens is 1. The highest BCUT2D eigenvalue weighted by Crippen LogP contribution is 2.13. The third kappa shape index (κ3) is 3.10. The molecule has 0 aromatic heterocycles. The van der Waals surface area contributed by atoms with Gasteiger partial charge in [-0.2, -0.15) is 0 Å². The SMILES string of the molecule is Cc1cc(C(=O)NCc2ccccc2F)ccc1N. The van der Waals surface area contributed by atoms with E-state index in [1.807, 2.05) is 6.92 Å². The topological polar surface area (TPSA) is 55.1 Å². The number of nitrogen functional groups attached to an aromatic ring is 1. The Morgan fingerprint density at radius 1 is 1.26 bits per heavy atom. The van der Waals surface area contributed by atoms with Crippen LogP contribution in [0, 0.1) is 12.7 Å². The van der Waals surface area contributed by atoms with Crippen molar-refractivity contribution in [1.82, 2.24) is 5.32 Å². The van der Waals surface area contributed by atoms with E-state index in [1.165, 1.54) is 6.07 Å². The molecule has 3 nitrogen and oxygen atoms in total. The van der Waals surface area contributed by atoms with Gasteiger partial charge in [0.25, 0.3) is 5.91 Å². The van der Waals surface area contributed by atoms with Gasteiger partial charge >= 0.3 is 0 Å². The standard InChI is InChI=1S/C15H15FN2O/c1-10-8-11(6-7-14(10)17)15(19)18-9-12-4-2-3-5-13(12)16/h2-8H,9,17H2,1H3,(H,18,19). The predicted molar refractivity (Wildman–Crippen MR) is 73.2 cm³/mol. The van der Waals surface area contributed by atoms with E-state index in [0.29, 0.717) is 16.8 Å². The molecule has 19 heavy (non-hydrogen) atoms. The van der Waals surface area contributed by atoms with Crippen molar-refractivity contribution in [3.8, 4) is 0 Å². The van der Waals surface area contributed by atoms with Crippen LogP contribution in [0.2, 0.25) is 0 Å². The number of carbonyl (C=O) groups excluding carboxylic acids is 1. The molecule has 3 N–H and O–H groups in total. The Morgan fingerprint density at radius 2 is 2.00 bits per heavy atom. The molecule has 0 aliphatic carbocycles. The number of carbonyl (C=O) groups is 1. The highest BCUT2D eigenvalue weighted by atomic mass is 19.1. The van der Waals surface area contributed by atoms with Crippen molar-refractivity contribution in [2.75, 3.05) is 5.73 Å². The third-order valence-electron chi connectivity index (χ3n) is 2.93. The maximum atomic E-state index is 13.4. The minimum absolute atomic E-state index is 0.162. The minimum atomic E-state index is -0.323. The number of rotatable bonds is 3. The normalized spacial score (nSPS) is 10.2. The number of nitrogens with two attached hydrogens (primary N) is 1. The predicted octanol–water partition coefficient (Wildman–Crippen LogP) is 2.65. The molecule has 0 aliphatic rings. The third-order valence-corrected chi connectivity index (χ3v) is 2.93. The molecule has 0 saturated heterocycles. The molecule has 0 atom stereocenters. The van der Waals surface area contributed by atoms with Crippen LogP contribution in [0.1, 0.15) is 21.5 Å². The molecule has 0 bridgehead atoms. The summed E-state index contributed by atoms with van der Waals surface area (Å²) in [5.41, 5.74) is 8.16. The molecule has 0 saturated carbocycles. The van der Waals surface area contributed by atoms with E-state index < -0.39 is 0 Å². The molecule has 0 spiro atoms. The molecule has 0 unspecified atom stereocenters. The first kappa shape index (κ1) is 13.1. The second kappa shape index (κ2) is 5.52. The lowest BCUT2D eigenvalue weighted by molar-refractivity contribution is 0.0950. The molecule has 2 aromatic carbocycles. The lowest BCUT2D eigenvalue weighted by Crippen LogP contribution is -2.23. The van der Waals surface area contributed by atoms with Gasteiger partial charge in [0.1, 0.15) is 5.82 Å². The zero-order valence-electron chi connectivity index (χ0n) is 10.6. The van der Waals surface area contributed by atoms with Gasteiger partial charge in [0.2, 0.25) is 0 Å². The molecule has 0 aliphatic heterocycles. The van der Waals surface area contributed by atoms with Crippen molar-refractivity contribution in [1.29, 1.82) is 0 Å². The molecule has 98 valence electrons. The Bertz CT molecular complexity index is 611. The van der Waals surface area contributed by atoms with E-state index in [1.54, 1.807) is 36.4 Å². The fourth-order valence-electron chi connectivity index (χ4n) is 1.74. The number of nitrogens with one attached hydrogen (secondary N) is 1. The van der Waals surface area contributed by atoms with Crippen LogP contribution in [0.15, 0.2) is 42.5 Å². The Morgan fingerprint density at radius 3 is 2.68 bits per heavy atom. The summed E-state index contributed by atoms with van der Waals surface area (Å²) in [7, 11) is 0. The van der Waals surface area contributed by atoms with Crippen LogP contribution in [0.3, 0.4) is 0 Å². The largest absolute Gasteiger partial charge is 0.399 e. The van der Waals surface area contributed by atoms with Gasteiger partial charge < -0.3 is 11.1 Å². The Balaban J connectivity index is 2.05. The molecule has 4 heteroatoms. The van der Waals surface area contributed by atoms with Gasteiger partial charge in [0.05, 0.1) is 0 Å². The lowest BCUT2D eigenvalue weighted by atomic mass is 10.1. The van der Waals surface area contributed by atoms with Crippen LogP contribution in [-0.4, -0.2) is 5.91 Å². The van der Waals surface area contributed by atoms with E-state index in [4.69, 9.17) is 5.73 Å². The molecule has 0 heterocycles. The summed E-state index contributed by atoms with van der Waals surface area (Å²) in [5.74, 6) is -0.567. The van der Waals surface area contributed by atoms with Crippen LogP contribution >= 0.6 is 0 Å². The summed E-state index contributed by atoms with van der Waals surface area (Å²) >= 11 is 0. The van der Waals surface area contributed by atoms with E-state index in [-0.39, 0.29) is 18.3 Å². The van der Waals surface area contributed by atoms with Crippen molar-refractivity contribution >= 4 is 11.6 Å². The number of amides is 1. The van der Waals surface area contributed by atoms with Crippen molar-refractivity contribution in [3.63, 3.8) is 0 Å². The molecule has 0 fully saturated rings. The number of benzene rings is 2. The van der Waals surface area contributed by atoms with Crippen molar-refractivity contribution in [2.24, 2.45) is 0 Å². The maximum Gasteiger partial charge on any atom is 0.251 e. The van der Waals surface area contributed by atoms with Gasteiger partial charge in [-0.3, -0.25) is 4.79 Å². The number of hydrogen-bond donors (Lipinski definition) is 2. The van der Waals surface area contributed by atoms with Crippen LogP contribution < -0.4 is 11.1 Å². The quantitative estimate of drug-likeness (QED) is 0.831. The summed E-state index contributed by atoms with van der Waals surface area (Å²) in [5, 5.41) is 2.68. The van der Waals surface area contributed by atoms with E-state index in [2.05, 4.69) is 5.32 Å². The second-order valence-corrected chi connectivity index (χ2v) is 4.35. The van der Waals surface area contributed by atoms with Crippen LogP contribution in [0.5, 0.6) is 0 Å². The molecule has 2 aromatic rings. The average molecular weight is 258 g/mol. The van der Waals surface area contributed by atoms with Crippen molar-refractivity contribution in [3.05, 3.63) is 65.0 Å². The number of aryl methyl sites for hydroxylation is 1. The molecule has 2 rings (SSSR count). The molecular formula is C15H15FN2O. The van der Waals surface area contributed by atoms with E-state index in [0.717, 1.165) is 5.56 Å². The van der Waals surface area contributed by atoms with Crippen LogP contribution in [0.4, 0.5) is 10.1 Å². The van der Waals surface area contributed by atoms with Gasteiger partial charge in [-0.15, -0.1) is 0 Å². The van der Waals surface area contributed by atoms with Gasteiger partial charge in [-0.1, -0.05) is 18.2 Å². The highest BCUT2D eigenvalue weighted by Gasteiger charge is 2.08. The van der Waals surface area contributed by atoms with E-state index in [9.17, 15) is 9.18 Å². The first-order valence-electron chi connectivity index (χ1n) is 5.95. The maximum absolute atomic E-state index is 13.4. The van der Waals surface area contributed by atoms with Crippen molar-refractivity contribution < 1.29 is 9.18 Å². The first-order valence-corrected chi connectivity index (χ1v) is 5.95. The fourth-order valence-corrected chi connectivity index (χ4v) is 1.74. The lowest BCUT2D eigenvalue weighted by Gasteiger charge is -2.08. The summed E-state index contributed by atoms with van der Waals surface area (Å²) in [6.07, 6.45) is 0. The van der Waals surface area contributed by atoms with E-state index >= 15 is 0 Å². The summed E-state index contributed by atoms with van der Waals surface area (Å²) in [6, 6.07) is 11.4. The molecular weight excluding hydrogens is 243 g/mol. The monoisotopic (exact) mass is 258 g/mol. The van der Waals surface area contributed by atoms with Gasteiger partial charge in [-0.05, 0) is 36.8 Å². The Labute approximate surface area is 111 Å². The number of anilines is 1. The number of hydrogen-bond acceptors (Lipinski definition) is 2.